The van der Waals surface area contributed by atoms with Gasteiger partial charge in [0.05, 0.1) is 11.0 Å². The molecule has 0 aromatic rings. The molecule has 0 saturated heterocycles. The average molecular weight is 221 g/mol. The summed E-state index contributed by atoms with van der Waals surface area (Å²) in [5, 5.41) is -0.218. The molecule has 3 nitrogen and oxygen atoms in total. The summed E-state index contributed by atoms with van der Waals surface area (Å²) in [6.07, 6.45) is 4.14. The maximum Gasteiger partial charge on any atom is 0.153 e. The Bertz CT molecular complexity index is 224. The van der Waals surface area contributed by atoms with Gasteiger partial charge in [0.1, 0.15) is 0 Å². The summed E-state index contributed by atoms with van der Waals surface area (Å²) in [7, 11) is -2.89. The quantitative estimate of drug-likeness (QED) is 0.635. The lowest BCUT2D eigenvalue weighted by molar-refractivity contribution is 0.563. The van der Waals surface area contributed by atoms with Crippen molar-refractivity contribution in [2.24, 2.45) is 5.73 Å². The van der Waals surface area contributed by atoms with Crippen molar-refractivity contribution in [3.05, 3.63) is 0 Å². The van der Waals surface area contributed by atoms with Crippen molar-refractivity contribution in [3.8, 4) is 0 Å². The first-order valence-electron chi connectivity index (χ1n) is 5.50. The molecule has 0 heterocycles. The molecule has 0 bridgehead atoms. The fourth-order valence-electron chi connectivity index (χ4n) is 1.54. The number of hydrogen-bond acceptors (Lipinski definition) is 3. The fraction of sp³-hybridized carbons (Fsp3) is 1.00. The van der Waals surface area contributed by atoms with Gasteiger partial charge in [0.15, 0.2) is 9.84 Å². The molecule has 0 fully saturated rings. The molecular formula is C10H23NO2S. The Morgan fingerprint density at radius 2 is 1.86 bits per heavy atom. The van der Waals surface area contributed by atoms with Crippen molar-refractivity contribution in [1.29, 1.82) is 0 Å². The van der Waals surface area contributed by atoms with Gasteiger partial charge >= 0.3 is 0 Å². The molecule has 0 aromatic heterocycles. The monoisotopic (exact) mass is 221 g/mol. The molecule has 0 rings (SSSR count). The number of hydrogen-bond donors (Lipinski definition) is 1. The molecular weight excluding hydrogens is 198 g/mol. The normalized spacial score (nSPS) is 14.2. The highest BCUT2D eigenvalue weighted by atomic mass is 32.2. The first-order valence-corrected chi connectivity index (χ1v) is 7.21. The van der Waals surface area contributed by atoms with Crippen molar-refractivity contribution in [2.75, 3.05) is 12.3 Å². The largest absolute Gasteiger partial charge is 0.330 e. The Kier molecular flexibility index (Phi) is 7.19. The van der Waals surface area contributed by atoms with Crippen molar-refractivity contribution in [3.63, 3.8) is 0 Å². The molecule has 14 heavy (non-hydrogen) atoms. The van der Waals surface area contributed by atoms with E-state index in [2.05, 4.69) is 6.92 Å². The summed E-state index contributed by atoms with van der Waals surface area (Å²) in [6, 6.07) is 0. The lowest BCUT2D eigenvalue weighted by Crippen LogP contribution is -2.26. The number of unbranched alkanes of at least 4 members (excludes halogenated alkanes) is 2. The number of rotatable bonds is 8. The van der Waals surface area contributed by atoms with E-state index in [1.165, 1.54) is 0 Å². The minimum Gasteiger partial charge on any atom is -0.330 e. The van der Waals surface area contributed by atoms with Gasteiger partial charge in [-0.2, -0.15) is 0 Å². The van der Waals surface area contributed by atoms with E-state index >= 15 is 0 Å². The fourth-order valence-corrected chi connectivity index (χ4v) is 3.49. The van der Waals surface area contributed by atoms with Crippen LogP contribution in [0.4, 0.5) is 0 Å². The Hall–Kier alpha value is -0.0900. The zero-order valence-corrected chi connectivity index (χ0v) is 10.1. The second-order valence-electron chi connectivity index (χ2n) is 3.68. The third-order valence-corrected chi connectivity index (χ3v) is 4.93. The second kappa shape index (κ2) is 7.23. The highest BCUT2D eigenvalue weighted by Crippen LogP contribution is 2.12. The van der Waals surface area contributed by atoms with Crippen LogP contribution >= 0.6 is 0 Å². The van der Waals surface area contributed by atoms with Crippen LogP contribution in [0.1, 0.15) is 46.0 Å². The van der Waals surface area contributed by atoms with Gasteiger partial charge in [0.25, 0.3) is 0 Å². The summed E-state index contributed by atoms with van der Waals surface area (Å²) in [4.78, 5) is 0. The van der Waals surface area contributed by atoms with Crippen molar-refractivity contribution in [2.45, 2.75) is 51.2 Å². The summed E-state index contributed by atoms with van der Waals surface area (Å²) in [5.74, 6) is 0.333. The summed E-state index contributed by atoms with van der Waals surface area (Å²) in [6.45, 7) is 4.45. The predicted octanol–water partition coefficient (Wildman–Crippen LogP) is 1.72. The molecule has 0 amide bonds. The van der Waals surface area contributed by atoms with E-state index in [1.54, 1.807) is 0 Å². The third-order valence-electron chi connectivity index (χ3n) is 2.48. The molecule has 1 unspecified atom stereocenters. The van der Waals surface area contributed by atoms with Gasteiger partial charge in [0, 0.05) is 0 Å². The van der Waals surface area contributed by atoms with Crippen molar-refractivity contribution < 1.29 is 8.42 Å². The van der Waals surface area contributed by atoms with Crippen LogP contribution in [0.25, 0.3) is 0 Å². The SMILES string of the molecule is CCCCCS(=O)(=O)C(CC)CCN. The molecule has 4 heteroatoms. The highest BCUT2D eigenvalue weighted by molar-refractivity contribution is 7.92. The smallest absolute Gasteiger partial charge is 0.153 e. The summed E-state index contributed by atoms with van der Waals surface area (Å²) < 4.78 is 23.5. The van der Waals surface area contributed by atoms with Gasteiger partial charge in [-0.25, -0.2) is 8.42 Å². The van der Waals surface area contributed by atoms with E-state index in [1.807, 2.05) is 6.92 Å². The van der Waals surface area contributed by atoms with Crippen LogP contribution < -0.4 is 5.73 Å². The standard InChI is InChI=1S/C10H23NO2S/c1-3-5-6-9-14(12,13)10(4-2)7-8-11/h10H,3-9,11H2,1-2H3. The lowest BCUT2D eigenvalue weighted by atomic mass is 10.2. The molecule has 0 aliphatic carbocycles. The topological polar surface area (TPSA) is 60.2 Å². The van der Waals surface area contributed by atoms with E-state index < -0.39 is 9.84 Å². The predicted molar refractivity (Wildman–Crippen MR) is 61.1 cm³/mol. The Morgan fingerprint density at radius 3 is 2.29 bits per heavy atom. The van der Waals surface area contributed by atoms with Crippen LogP contribution in [0.5, 0.6) is 0 Å². The van der Waals surface area contributed by atoms with Crippen LogP contribution in [0.15, 0.2) is 0 Å². The molecule has 0 aliphatic heterocycles. The molecule has 0 aromatic carbocycles. The van der Waals surface area contributed by atoms with E-state index in [9.17, 15) is 8.42 Å². The first-order chi connectivity index (χ1) is 6.58. The Balaban J connectivity index is 4.12. The van der Waals surface area contributed by atoms with Crippen LogP contribution in [0.3, 0.4) is 0 Å². The Labute approximate surface area is 88.0 Å². The van der Waals surface area contributed by atoms with Gasteiger partial charge in [-0.1, -0.05) is 26.7 Å². The van der Waals surface area contributed by atoms with E-state index in [4.69, 9.17) is 5.73 Å². The summed E-state index contributed by atoms with van der Waals surface area (Å²) in [5.41, 5.74) is 5.39. The minimum absolute atomic E-state index is 0.218. The van der Waals surface area contributed by atoms with Gasteiger partial charge in [0.2, 0.25) is 0 Å². The molecule has 2 N–H and O–H groups in total. The second-order valence-corrected chi connectivity index (χ2v) is 6.08. The van der Waals surface area contributed by atoms with Gasteiger partial charge in [-0.05, 0) is 25.8 Å². The average Bonchev–Trinajstić information content (AvgIpc) is 2.14. The van der Waals surface area contributed by atoms with Crippen molar-refractivity contribution in [1.82, 2.24) is 0 Å². The van der Waals surface area contributed by atoms with Gasteiger partial charge in [-0.15, -0.1) is 0 Å². The minimum atomic E-state index is -2.89. The number of sulfone groups is 1. The van der Waals surface area contributed by atoms with E-state index in [-0.39, 0.29) is 5.25 Å². The lowest BCUT2D eigenvalue weighted by Gasteiger charge is -2.14. The van der Waals surface area contributed by atoms with E-state index in [0.29, 0.717) is 25.1 Å². The maximum absolute atomic E-state index is 11.8. The molecule has 1 atom stereocenters. The molecule has 86 valence electrons. The zero-order valence-electron chi connectivity index (χ0n) is 9.33. The highest BCUT2D eigenvalue weighted by Gasteiger charge is 2.21. The Morgan fingerprint density at radius 1 is 1.21 bits per heavy atom. The third kappa shape index (κ3) is 4.96. The van der Waals surface area contributed by atoms with Gasteiger partial charge < -0.3 is 5.73 Å². The van der Waals surface area contributed by atoms with Crippen molar-refractivity contribution >= 4 is 9.84 Å². The van der Waals surface area contributed by atoms with Crippen LogP contribution in [-0.2, 0) is 9.84 Å². The number of nitrogens with two attached hydrogens (primary N) is 1. The molecule has 0 aliphatic rings. The maximum atomic E-state index is 11.8. The van der Waals surface area contributed by atoms with Crippen LogP contribution in [-0.4, -0.2) is 26.0 Å². The molecule has 0 saturated carbocycles. The first kappa shape index (κ1) is 13.9. The van der Waals surface area contributed by atoms with E-state index in [0.717, 1.165) is 19.3 Å². The summed E-state index contributed by atoms with van der Waals surface area (Å²) >= 11 is 0. The van der Waals surface area contributed by atoms with Gasteiger partial charge in [-0.3, -0.25) is 0 Å². The molecule has 0 radical (unpaired) electrons. The van der Waals surface area contributed by atoms with Crippen LogP contribution in [0.2, 0.25) is 0 Å². The molecule has 0 spiro atoms. The zero-order chi connectivity index (χ0) is 11.0. The van der Waals surface area contributed by atoms with Crippen LogP contribution in [0, 0.1) is 0 Å².